The predicted molar refractivity (Wildman–Crippen MR) is 82.5 cm³/mol. The third kappa shape index (κ3) is 4.43. The summed E-state index contributed by atoms with van der Waals surface area (Å²) < 4.78 is 0. The van der Waals surface area contributed by atoms with Crippen LogP contribution in [0.5, 0.6) is 0 Å². The SMILES string of the molecule is CCCNC(=O)C1CCCN(C(=O)C2CCCC(N)C2)C1. The van der Waals surface area contributed by atoms with Gasteiger partial charge in [0.2, 0.25) is 11.8 Å². The standard InChI is InChI=1S/C16H29N3O2/c1-2-8-18-15(20)13-6-4-9-19(11-13)16(21)12-5-3-7-14(17)10-12/h12-14H,2-11,17H2,1H3,(H,18,20). The van der Waals surface area contributed by atoms with E-state index in [-0.39, 0.29) is 29.7 Å². The molecule has 0 radical (unpaired) electrons. The van der Waals surface area contributed by atoms with E-state index in [1.165, 1.54) is 0 Å². The summed E-state index contributed by atoms with van der Waals surface area (Å²) >= 11 is 0. The van der Waals surface area contributed by atoms with E-state index < -0.39 is 0 Å². The van der Waals surface area contributed by atoms with Gasteiger partial charge in [-0.15, -0.1) is 0 Å². The molecule has 5 heteroatoms. The van der Waals surface area contributed by atoms with Crippen LogP contribution < -0.4 is 11.1 Å². The number of carbonyl (C=O) groups excluding carboxylic acids is 2. The summed E-state index contributed by atoms with van der Waals surface area (Å²) in [6.45, 7) is 4.15. The molecule has 0 bridgehead atoms. The summed E-state index contributed by atoms with van der Waals surface area (Å²) in [7, 11) is 0. The Hall–Kier alpha value is -1.10. The Kier molecular flexibility index (Phi) is 6.03. The molecule has 1 aliphatic carbocycles. The van der Waals surface area contributed by atoms with Gasteiger partial charge in [-0.1, -0.05) is 13.3 Å². The molecule has 3 unspecified atom stereocenters. The maximum absolute atomic E-state index is 12.6. The zero-order chi connectivity index (χ0) is 15.2. The van der Waals surface area contributed by atoms with E-state index in [1.807, 2.05) is 11.8 Å². The molecule has 2 rings (SSSR count). The lowest BCUT2D eigenvalue weighted by atomic mass is 9.84. The van der Waals surface area contributed by atoms with E-state index in [4.69, 9.17) is 5.73 Å². The first-order valence-electron chi connectivity index (χ1n) is 8.44. The van der Waals surface area contributed by atoms with Crippen LogP contribution in [0.3, 0.4) is 0 Å². The molecule has 0 spiro atoms. The van der Waals surface area contributed by atoms with Crippen LogP contribution in [0, 0.1) is 11.8 Å². The monoisotopic (exact) mass is 295 g/mol. The van der Waals surface area contributed by atoms with Gasteiger partial charge >= 0.3 is 0 Å². The first-order valence-corrected chi connectivity index (χ1v) is 8.44. The van der Waals surface area contributed by atoms with E-state index in [2.05, 4.69) is 5.32 Å². The van der Waals surface area contributed by atoms with Gasteiger partial charge in [-0.2, -0.15) is 0 Å². The second-order valence-electron chi connectivity index (χ2n) is 6.54. The zero-order valence-electron chi connectivity index (χ0n) is 13.1. The maximum Gasteiger partial charge on any atom is 0.225 e. The number of nitrogens with zero attached hydrogens (tertiary/aromatic N) is 1. The molecule has 21 heavy (non-hydrogen) atoms. The summed E-state index contributed by atoms with van der Waals surface area (Å²) in [5.74, 6) is 0.366. The minimum atomic E-state index is -0.0356. The van der Waals surface area contributed by atoms with Gasteiger partial charge in [0.05, 0.1) is 5.92 Å². The van der Waals surface area contributed by atoms with Crippen molar-refractivity contribution in [2.24, 2.45) is 17.6 Å². The quantitative estimate of drug-likeness (QED) is 0.820. The number of likely N-dealkylation sites (tertiary alicyclic amines) is 1. The first kappa shape index (κ1) is 16.3. The molecule has 1 saturated heterocycles. The number of nitrogens with two attached hydrogens (primary N) is 1. The third-order valence-electron chi connectivity index (χ3n) is 4.72. The molecule has 3 N–H and O–H groups in total. The summed E-state index contributed by atoms with van der Waals surface area (Å²) in [6, 6.07) is 0.168. The first-order chi connectivity index (χ1) is 10.1. The van der Waals surface area contributed by atoms with Crippen LogP contribution in [0.25, 0.3) is 0 Å². The third-order valence-corrected chi connectivity index (χ3v) is 4.72. The minimum Gasteiger partial charge on any atom is -0.356 e. The number of piperidine rings is 1. The number of amides is 2. The van der Waals surface area contributed by atoms with Gasteiger partial charge in [0.25, 0.3) is 0 Å². The lowest BCUT2D eigenvalue weighted by Crippen LogP contribution is -2.48. The summed E-state index contributed by atoms with van der Waals surface area (Å²) in [6.07, 6.45) is 6.61. The van der Waals surface area contributed by atoms with Crippen molar-refractivity contribution in [1.29, 1.82) is 0 Å². The van der Waals surface area contributed by atoms with Gasteiger partial charge in [0, 0.05) is 31.6 Å². The number of hydrogen-bond donors (Lipinski definition) is 2. The van der Waals surface area contributed by atoms with Crippen molar-refractivity contribution in [2.75, 3.05) is 19.6 Å². The van der Waals surface area contributed by atoms with Gasteiger partial charge in [-0.3, -0.25) is 9.59 Å². The maximum atomic E-state index is 12.6. The minimum absolute atomic E-state index is 0.0356. The Bertz CT molecular complexity index is 373. The molecular formula is C16H29N3O2. The van der Waals surface area contributed by atoms with E-state index >= 15 is 0 Å². The number of carbonyl (C=O) groups is 2. The van der Waals surface area contributed by atoms with Crippen LogP contribution in [0.15, 0.2) is 0 Å². The van der Waals surface area contributed by atoms with E-state index in [0.29, 0.717) is 6.54 Å². The number of nitrogens with one attached hydrogen (secondary N) is 1. The average molecular weight is 295 g/mol. The Morgan fingerprint density at radius 2 is 1.95 bits per heavy atom. The number of rotatable bonds is 4. The summed E-state index contributed by atoms with van der Waals surface area (Å²) in [5, 5.41) is 2.95. The molecule has 5 nitrogen and oxygen atoms in total. The van der Waals surface area contributed by atoms with Crippen LogP contribution in [0.1, 0.15) is 51.9 Å². The van der Waals surface area contributed by atoms with Crippen LogP contribution in [0.4, 0.5) is 0 Å². The Balaban J connectivity index is 1.87. The Morgan fingerprint density at radius 3 is 2.67 bits per heavy atom. The molecular weight excluding hydrogens is 266 g/mol. The van der Waals surface area contributed by atoms with Crippen molar-refractivity contribution in [3.8, 4) is 0 Å². The lowest BCUT2D eigenvalue weighted by molar-refractivity contribution is -0.140. The van der Waals surface area contributed by atoms with Gasteiger partial charge in [-0.05, 0) is 38.5 Å². The van der Waals surface area contributed by atoms with E-state index in [0.717, 1.165) is 58.0 Å². The van der Waals surface area contributed by atoms with Crippen molar-refractivity contribution in [3.05, 3.63) is 0 Å². The zero-order valence-corrected chi connectivity index (χ0v) is 13.1. The molecule has 120 valence electrons. The summed E-state index contributed by atoms with van der Waals surface area (Å²) in [4.78, 5) is 26.6. The van der Waals surface area contributed by atoms with Crippen LogP contribution >= 0.6 is 0 Å². The van der Waals surface area contributed by atoms with Crippen molar-refractivity contribution in [2.45, 2.75) is 57.9 Å². The second-order valence-corrected chi connectivity index (χ2v) is 6.54. The molecule has 2 aliphatic rings. The van der Waals surface area contributed by atoms with Gasteiger partial charge in [0.15, 0.2) is 0 Å². The van der Waals surface area contributed by atoms with E-state index in [1.54, 1.807) is 0 Å². The lowest BCUT2D eigenvalue weighted by Gasteiger charge is -2.36. The highest BCUT2D eigenvalue weighted by Gasteiger charge is 2.33. The Labute approximate surface area is 127 Å². The van der Waals surface area contributed by atoms with Crippen molar-refractivity contribution in [1.82, 2.24) is 10.2 Å². The molecule has 1 aliphatic heterocycles. The van der Waals surface area contributed by atoms with Crippen molar-refractivity contribution >= 4 is 11.8 Å². The van der Waals surface area contributed by atoms with Gasteiger partial charge in [0.1, 0.15) is 0 Å². The molecule has 0 aromatic rings. The fourth-order valence-electron chi connectivity index (χ4n) is 3.49. The van der Waals surface area contributed by atoms with Gasteiger partial charge < -0.3 is 16.0 Å². The molecule has 1 heterocycles. The van der Waals surface area contributed by atoms with Crippen LogP contribution in [0.2, 0.25) is 0 Å². The highest BCUT2D eigenvalue weighted by molar-refractivity contribution is 5.82. The molecule has 0 aromatic carbocycles. The highest BCUT2D eigenvalue weighted by atomic mass is 16.2. The fraction of sp³-hybridized carbons (Fsp3) is 0.875. The van der Waals surface area contributed by atoms with Gasteiger partial charge in [-0.25, -0.2) is 0 Å². The normalized spacial score (nSPS) is 30.0. The average Bonchev–Trinajstić information content (AvgIpc) is 2.52. The largest absolute Gasteiger partial charge is 0.356 e. The molecule has 2 amide bonds. The van der Waals surface area contributed by atoms with Crippen molar-refractivity contribution in [3.63, 3.8) is 0 Å². The highest BCUT2D eigenvalue weighted by Crippen LogP contribution is 2.27. The van der Waals surface area contributed by atoms with E-state index in [9.17, 15) is 9.59 Å². The topological polar surface area (TPSA) is 75.4 Å². The van der Waals surface area contributed by atoms with Crippen LogP contribution in [-0.4, -0.2) is 42.4 Å². The molecule has 0 aromatic heterocycles. The smallest absolute Gasteiger partial charge is 0.225 e. The molecule has 1 saturated carbocycles. The predicted octanol–water partition coefficient (Wildman–Crippen LogP) is 1.27. The molecule has 2 fully saturated rings. The number of hydrogen-bond acceptors (Lipinski definition) is 3. The Morgan fingerprint density at radius 1 is 1.19 bits per heavy atom. The van der Waals surface area contributed by atoms with Crippen LogP contribution in [-0.2, 0) is 9.59 Å². The summed E-state index contributed by atoms with van der Waals surface area (Å²) in [5.41, 5.74) is 5.99. The van der Waals surface area contributed by atoms with Crippen molar-refractivity contribution < 1.29 is 9.59 Å². The fourth-order valence-corrected chi connectivity index (χ4v) is 3.49. The second kappa shape index (κ2) is 7.78. The molecule has 3 atom stereocenters.